The third kappa shape index (κ3) is 2.68. The molecule has 0 saturated carbocycles. The average molecular weight is 368 g/mol. The molecule has 3 aromatic carbocycles. The van der Waals surface area contributed by atoms with E-state index in [4.69, 9.17) is 9.47 Å². The van der Waals surface area contributed by atoms with Gasteiger partial charge in [0, 0.05) is 17.4 Å². The van der Waals surface area contributed by atoms with Gasteiger partial charge in [0.15, 0.2) is 0 Å². The predicted octanol–water partition coefficient (Wildman–Crippen LogP) is 6.32. The van der Waals surface area contributed by atoms with E-state index in [1.54, 1.807) is 7.11 Å². The van der Waals surface area contributed by atoms with Crippen LogP contribution in [0, 0.1) is 5.92 Å². The van der Waals surface area contributed by atoms with Gasteiger partial charge >= 0.3 is 0 Å². The highest BCUT2D eigenvalue weighted by Crippen LogP contribution is 2.63. The van der Waals surface area contributed by atoms with Crippen LogP contribution in [0.4, 0.5) is 0 Å². The number of hydrogen-bond acceptors (Lipinski definition) is 2. The molecule has 1 fully saturated rings. The molecule has 2 heterocycles. The summed E-state index contributed by atoms with van der Waals surface area (Å²) < 4.78 is 12.3. The lowest BCUT2D eigenvalue weighted by molar-refractivity contribution is 0.0611. The number of ether oxygens (including phenoxy) is 2. The molecule has 0 radical (unpaired) electrons. The highest BCUT2D eigenvalue weighted by atomic mass is 16.5. The van der Waals surface area contributed by atoms with Crippen molar-refractivity contribution in [2.45, 2.75) is 25.0 Å². The van der Waals surface area contributed by atoms with Gasteiger partial charge in [-0.3, -0.25) is 0 Å². The number of hydrogen-bond donors (Lipinski definition) is 0. The van der Waals surface area contributed by atoms with Crippen LogP contribution in [0.5, 0.6) is 5.75 Å². The van der Waals surface area contributed by atoms with Crippen LogP contribution in [0.25, 0.3) is 6.08 Å². The van der Waals surface area contributed by atoms with Gasteiger partial charge in [0.1, 0.15) is 5.75 Å². The number of methoxy groups -OCH3 is 1. The SMILES string of the molecule is COc1ccccc1[C@H]1[C@@H](/C(C)=C/c2ccccc2)[C@H]2O[C@@H]1c1ccccc12. The molecule has 0 aromatic heterocycles. The molecule has 2 bridgehead atoms. The van der Waals surface area contributed by atoms with Crippen molar-refractivity contribution in [3.05, 3.63) is 107 Å². The lowest BCUT2D eigenvalue weighted by Crippen LogP contribution is -2.22. The third-order valence-electron chi connectivity index (χ3n) is 6.16. The van der Waals surface area contributed by atoms with Crippen LogP contribution in [0.3, 0.4) is 0 Å². The summed E-state index contributed by atoms with van der Waals surface area (Å²) in [7, 11) is 1.75. The number of rotatable bonds is 4. The van der Waals surface area contributed by atoms with Crippen LogP contribution < -0.4 is 4.74 Å². The van der Waals surface area contributed by atoms with Gasteiger partial charge in [-0.05, 0) is 29.7 Å². The van der Waals surface area contributed by atoms with Crippen molar-refractivity contribution in [2.75, 3.05) is 7.11 Å². The molecule has 4 atom stereocenters. The van der Waals surface area contributed by atoms with E-state index in [-0.39, 0.29) is 24.0 Å². The van der Waals surface area contributed by atoms with Crippen molar-refractivity contribution in [1.29, 1.82) is 0 Å². The normalized spacial score (nSPS) is 25.6. The van der Waals surface area contributed by atoms with Crippen LogP contribution in [0.2, 0.25) is 0 Å². The maximum Gasteiger partial charge on any atom is 0.122 e. The first-order valence-electron chi connectivity index (χ1n) is 9.88. The van der Waals surface area contributed by atoms with Gasteiger partial charge in [-0.1, -0.05) is 84.4 Å². The second kappa shape index (κ2) is 6.96. The van der Waals surface area contributed by atoms with Crippen LogP contribution >= 0.6 is 0 Å². The lowest BCUT2D eigenvalue weighted by atomic mass is 9.69. The zero-order valence-electron chi connectivity index (χ0n) is 16.2. The minimum atomic E-state index is 0.0709. The Morgan fingerprint density at radius 2 is 1.39 bits per heavy atom. The van der Waals surface area contributed by atoms with E-state index in [0.29, 0.717) is 0 Å². The van der Waals surface area contributed by atoms with E-state index in [1.807, 2.05) is 6.07 Å². The van der Waals surface area contributed by atoms with Gasteiger partial charge in [0.05, 0.1) is 19.3 Å². The Labute approximate surface area is 166 Å². The highest BCUT2D eigenvalue weighted by Gasteiger charge is 2.53. The Morgan fingerprint density at radius 1 is 0.786 bits per heavy atom. The lowest BCUT2D eigenvalue weighted by Gasteiger charge is -2.31. The standard InChI is InChI=1S/C26H24O2/c1-17(16-18-10-4-3-5-11-18)23-24(21-14-8-9-15-22(21)27-2)26-20-13-7-6-12-19(20)25(23)28-26/h3-16,23-26H,1-2H3/b17-16+/t23-,24+,25+,26-/m1/s1. The Kier molecular flexibility index (Phi) is 4.29. The van der Waals surface area contributed by atoms with Crippen molar-refractivity contribution in [2.24, 2.45) is 5.92 Å². The van der Waals surface area contributed by atoms with Crippen molar-refractivity contribution < 1.29 is 9.47 Å². The average Bonchev–Trinajstić information content (AvgIpc) is 3.32. The Bertz CT molecular complexity index is 1020. The summed E-state index contributed by atoms with van der Waals surface area (Å²) in [5.74, 6) is 1.48. The summed E-state index contributed by atoms with van der Waals surface area (Å²) in [4.78, 5) is 0. The summed E-state index contributed by atoms with van der Waals surface area (Å²) in [5.41, 5.74) is 6.48. The molecule has 2 nitrogen and oxygen atoms in total. The van der Waals surface area contributed by atoms with E-state index in [2.05, 4.69) is 85.8 Å². The fourth-order valence-corrected chi connectivity index (χ4v) is 5.00. The molecule has 0 spiro atoms. The van der Waals surface area contributed by atoms with Gasteiger partial charge in [-0.25, -0.2) is 0 Å². The molecule has 5 rings (SSSR count). The van der Waals surface area contributed by atoms with Gasteiger partial charge < -0.3 is 9.47 Å². The van der Waals surface area contributed by atoms with Crippen LogP contribution in [0.1, 0.15) is 47.3 Å². The van der Waals surface area contributed by atoms with Crippen LogP contribution in [-0.2, 0) is 4.74 Å². The van der Waals surface area contributed by atoms with Gasteiger partial charge in [-0.15, -0.1) is 0 Å². The first kappa shape index (κ1) is 17.3. The zero-order chi connectivity index (χ0) is 19.1. The van der Waals surface area contributed by atoms with Crippen molar-refractivity contribution in [1.82, 2.24) is 0 Å². The molecule has 1 saturated heterocycles. The summed E-state index contributed by atoms with van der Waals surface area (Å²) in [6.45, 7) is 2.24. The monoisotopic (exact) mass is 368 g/mol. The third-order valence-corrected chi connectivity index (χ3v) is 6.16. The molecule has 0 amide bonds. The first-order chi connectivity index (χ1) is 13.8. The fraction of sp³-hybridized carbons (Fsp3) is 0.231. The largest absolute Gasteiger partial charge is 0.496 e. The quantitative estimate of drug-likeness (QED) is 0.536. The van der Waals surface area contributed by atoms with Gasteiger partial charge in [-0.2, -0.15) is 0 Å². The summed E-state index contributed by atoms with van der Waals surface area (Å²) >= 11 is 0. The van der Waals surface area contributed by atoms with Gasteiger partial charge in [0.2, 0.25) is 0 Å². The topological polar surface area (TPSA) is 18.5 Å². The second-order valence-electron chi connectivity index (χ2n) is 7.70. The predicted molar refractivity (Wildman–Crippen MR) is 112 cm³/mol. The van der Waals surface area contributed by atoms with E-state index in [0.717, 1.165) is 5.75 Å². The summed E-state index contributed by atoms with van der Waals surface area (Å²) in [6, 6.07) is 27.6. The molecule has 28 heavy (non-hydrogen) atoms. The van der Waals surface area contributed by atoms with Crippen LogP contribution in [0.15, 0.2) is 84.4 Å². The van der Waals surface area contributed by atoms with E-state index >= 15 is 0 Å². The molecule has 2 heteroatoms. The van der Waals surface area contributed by atoms with Crippen molar-refractivity contribution >= 4 is 6.08 Å². The fourth-order valence-electron chi connectivity index (χ4n) is 5.00. The number of benzene rings is 3. The highest BCUT2D eigenvalue weighted by molar-refractivity contribution is 5.56. The molecule has 2 aliphatic heterocycles. The molecule has 140 valence electrons. The molecular weight excluding hydrogens is 344 g/mol. The minimum absolute atomic E-state index is 0.0709. The summed E-state index contributed by atoms with van der Waals surface area (Å²) in [5, 5.41) is 0. The Hall–Kier alpha value is -2.84. The molecule has 0 aliphatic carbocycles. The van der Waals surface area contributed by atoms with E-state index < -0.39 is 0 Å². The van der Waals surface area contributed by atoms with Crippen molar-refractivity contribution in [3.63, 3.8) is 0 Å². The van der Waals surface area contributed by atoms with Crippen LogP contribution in [-0.4, -0.2) is 7.11 Å². The molecule has 2 aliphatic rings. The number of para-hydroxylation sites is 1. The van der Waals surface area contributed by atoms with Gasteiger partial charge in [0.25, 0.3) is 0 Å². The van der Waals surface area contributed by atoms with E-state index in [1.165, 1.54) is 27.8 Å². The number of fused-ring (bicyclic) bond motifs is 5. The maximum absolute atomic E-state index is 6.58. The molecular formula is C26H24O2. The molecule has 3 aromatic rings. The maximum atomic E-state index is 6.58. The molecule has 0 N–H and O–H groups in total. The Balaban J connectivity index is 1.64. The zero-order valence-corrected chi connectivity index (χ0v) is 16.2. The molecule has 0 unspecified atom stereocenters. The van der Waals surface area contributed by atoms with Crippen molar-refractivity contribution in [3.8, 4) is 5.75 Å². The first-order valence-corrected chi connectivity index (χ1v) is 9.88. The summed E-state index contributed by atoms with van der Waals surface area (Å²) in [6.07, 6.45) is 2.47. The van der Waals surface area contributed by atoms with E-state index in [9.17, 15) is 0 Å². The smallest absolute Gasteiger partial charge is 0.122 e. The Morgan fingerprint density at radius 3 is 2.11 bits per heavy atom. The minimum Gasteiger partial charge on any atom is -0.496 e. The second-order valence-corrected chi connectivity index (χ2v) is 7.70.